The third-order valence-electron chi connectivity index (χ3n) is 5.60. The van der Waals surface area contributed by atoms with Crippen LogP contribution in [0.2, 0.25) is 5.02 Å². The Morgan fingerprint density at radius 3 is 2.65 bits per heavy atom. The molecule has 9 nitrogen and oxygen atoms in total. The number of benzene rings is 1. The molecule has 0 spiro atoms. The van der Waals surface area contributed by atoms with Gasteiger partial charge in [-0.1, -0.05) is 17.7 Å². The van der Waals surface area contributed by atoms with Gasteiger partial charge in [0, 0.05) is 64.0 Å². The van der Waals surface area contributed by atoms with Gasteiger partial charge in [0.2, 0.25) is 5.95 Å². The molecule has 166 valence electrons. The van der Waals surface area contributed by atoms with E-state index < -0.39 is 11.2 Å². The Morgan fingerprint density at radius 1 is 1.23 bits per heavy atom. The fourth-order valence-corrected chi connectivity index (χ4v) is 4.09. The number of nitrogens with zero attached hydrogens (tertiary/aromatic N) is 5. The monoisotopic (exact) mass is 450 g/mol. The van der Waals surface area contributed by atoms with Gasteiger partial charge < -0.3 is 14.2 Å². The molecule has 1 aliphatic heterocycles. The summed E-state index contributed by atoms with van der Waals surface area (Å²) in [5.41, 5.74) is 0.189. The predicted molar refractivity (Wildman–Crippen MR) is 116 cm³/mol. The molecule has 2 aromatic heterocycles. The average molecular weight is 451 g/mol. The number of H-pyrrole nitrogens is 1. The fourth-order valence-electron chi connectivity index (χ4n) is 3.87. The number of hydrogen-bond acceptors (Lipinski definition) is 6. The van der Waals surface area contributed by atoms with Crippen LogP contribution in [0.5, 0.6) is 0 Å². The van der Waals surface area contributed by atoms with Crippen molar-refractivity contribution in [2.45, 2.75) is 13.1 Å². The van der Waals surface area contributed by atoms with Crippen molar-refractivity contribution >= 4 is 28.7 Å². The van der Waals surface area contributed by atoms with Crippen LogP contribution in [0.3, 0.4) is 0 Å². The lowest BCUT2D eigenvalue weighted by molar-refractivity contribution is 0.188. The lowest BCUT2D eigenvalue weighted by Gasteiger charge is -2.35. The number of imidazole rings is 1. The first-order valence-corrected chi connectivity index (χ1v) is 10.4. The molecule has 0 aliphatic carbocycles. The second-order valence-corrected chi connectivity index (χ2v) is 7.92. The van der Waals surface area contributed by atoms with E-state index in [1.54, 1.807) is 30.9 Å². The van der Waals surface area contributed by atoms with Crippen LogP contribution >= 0.6 is 11.6 Å². The first-order chi connectivity index (χ1) is 14.9. The molecule has 3 heterocycles. The van der Waals surface area contributed by atoms with Crippen LogP contribution in [0, 0.1) is 5.82 Å². The van der Waals surface area contributed by atoms with Gasteiger partial charge in [-0.15, -0.1) is 0 Å². The van der Waals surface area contributed by atoms with Crippen molar-refractivity contribution in [3.8, 4) is 0 Å². The van der Waals surface area contributed by atoms with Gasteiger partial charge in [-0.25, -0.2) is 9.18 Å². The molecule has 1 aromatic carbocycles. The number of piperazine rings is 1. The fraction of sp³-hybridized carbons (Fsp3) is 0.450. The summed E-state index contributed by atoms with van der Waals surface area (Å²) in [6, 6.07) is 4.70. The number of aromatic nitrogens is 4. The molecule has 1 saturated heterocycles. The highest BCUT2D eigenvalue weighted by Gasteiger charge is 2.25. The van der Waals surface area contributed by atoms with Crippen molar-refractivity contribution in [2.75, 3.05) is 44.8 Å². The summed E-state index contributed by atoms with van der Waals surface area (Å²) in [7, 11) is 3.17. The summed E-state index contributed by atoms with van der Waals surface area (Å²) >= 11 is 6.17. The molecule has 0 saturated carbocycles. The van der Waals surface area contributed by atoms with Crippen molar-refractivity contribution in [1.29, 1.82) is 0 Å². The summed E-state index contributed by atoms with van der Waals surface area (Å²) in [5.74, 6) is 0.304. The number of fused-ring (bicyclic) bond motifs is 1. The lowest BCUT2D eigenvalue weighted by Crippen LogP contribution is -2.47. The van der Waals surface area contributed by atoms with Crippen LogP contribution in [0.25, 0.3) is 11.2 Å². The van der Waals surface area contributed by atoms with E-state index in [4.69, 9.17) is 16.3 Å². The van der Waals surface area contributed by atoms with Gasteiger partial charge in [0.15, 0.2) is 11.2 Å². The molecule has 1 fully saturated rings. The minimum Gasteiger partial charge on any atom is -0.383 e. The smallest absolute Gasteiger partial charge is 0.329 e. The van der Waals surface area contributed by atoms with E-state index in [1.165, 1.54) is 10.6 Å². The molecular weight excluding hydrogens is 427 g/mol. The molecule has 0 unspecified atom stereocenters. The molecule has 0 amide bonds. The number of ether oxygens (including phenoxy) is 1. The van der Waals surface area contributed by atoms with Crippen molar-refractivity contribution in [1.82, 2.24) is 24.0 Å². The molecule has 0 bridgehead atoms. The van der Waals surface area contributed by atoms with Crippen LogP contribution in [0.15, 0.2) is 27.8 Å². The normalized spacial score (nSPS) is 15.2. The Kier molecular flexibility index (Phi) is 6.12. The van der Waals surface area contributed by atoms with E-state index in [2.05, 4.69) is 19.8 Å². The molecule has 0 atom stereocenters. The first kappa shape index (κ1) is 21.5. The average Bonchev–Trinajstić information content (AvgIpc) is 3.14. The van der Waals surface area contributed by atoms with E-state index in [0.29, 0.717) is 73.6 Å². The van der Waals surface area contributed by atoms with Crippen LogP contribution in [0.4, 0.5) is 10.3 Å². The maximum atomic E-state index is 14.1. The van der Waals surface area contributed by atoms with E-state index in [-0.39, 0.29) is 5.82 Å². The van der Waals surface area contributed by atoms with Gasteiger partial charge in [-0.05, 0) is 12.1 Å². The summed E-state index contributed by atoms with van der Waals surface area (Å²) < 4.78 is 22.5. The highest BCUT2D eigenvalue weighted by molar-refractivity contribution is 6.31. The Labute approximate surface area is 182 Å². The number of halogens is 2. The summed E-state index contributed by atoms with van der Waals surface area (Å²) in [4.78, 5) is 35.7. The van der Waals surface area contributed by atoms with E-state index >= 15 is 0 Å². The molecule has 3 aromatic rings. The Balaban J connectivity index is 1.60. The second kappa shape index (κ2) is 8.81. The molecule has 1 aliphatic rings. The predicted octanol–water partition coefficient (Wildman–Crippen LogP) is 1.18. The Bertz CT molecular complexity index is 1190. The molecule has 1 N–H and O–H groups in total. The second-order valence-electron chi connectivity index (χ2n) is 7.51. The Hall–Kier alpha value is -2.69. The number of anilines is 1. The van der Waals surface area contributed by atoms with E-state index in [1.807, 2.05) is 0 Å². The number of rotatable bonds is 6. The van der Waals surface area contributed by atoms with Gasteiger partial charge in [-0.2, -0.15) is 4.98 Å². The first-order valence-electron chi connectivity index (χ1n) is 9.99. The molecule has 11 heteroatoms. The summed E-state index contributed by atoms with van der Waals surface area (Å²) in [5, 5.41) is 0.420. The number of methoxy groups -OCH3 is 1. The maximum absolute atomic E-state index is 14.1. The van der Waals surface area contributed by atoms with Crippen LogP contribution in [-0.4, -0.2) is 63.9 Å². The van der Waals surface area contributed by atoms with Crippen molar-refractivity contribution in [3.05, 3.63) is 55.4 Å². The van der Waals surface area contributed by atoms with E-state index in [9.17, 15) is 14.0 Å². The summed E-state index contributed by atoms with van der Waals surface area (Å²) in [6.45, 7) is 3.86. The van der Waals surface area contributed by atoms with Crippen molar-refractivity contribution < 1.29 is 9.13 Å². The number of aromatic amines is 1. The minimum absolute atomic E-state index is 0.309. The molecular formula is C20H24ClFN6O3. The van der Waals surface area contributed by atoms with Gasteiger partial charge in [0.25, 0.3) is 5.56 Å². The Morgan fingerprint density at radius 2 is 1.97 bits per heavy atom. The van der Waals surface area contributed by atoms with E-state index in [0.717, 1.165) is 0 Å². The zero-order valence-corrected chi connectivity index (χ0v) is 18.2. The quantitative estimate of drug-likeness (QED) is 0.607. The molecule has 31 heavy (non-hydrogen) atoms. The van der Waals surface area contributed by atoms with Gasteiger partial charge in [0.1, 0.15) is 5.82 Å². The van der Waals surface area contributed by atoms with Gasteiger partial charge >= 0.3 is 5.69 Å². The molecule has 0 radical (unpaired) electrons. The lowest BCUT2D eigenvalue weighted by atomic mass is 10.2. The third-order valence-corrected chi connectivity index (χ3v) is 5.96. The third kappa shape index (κ3) is 4.10. The van der Waals surface area contributed by atoms with Gasteiger partial charge in [0.05, 0.1) is 6.61 Å². The number of nitrogens with one attached hydrogen (secondary N) is 1. The zero-order chi connectivity index (χ0) is 22.1. The maximum Gasteiger partial charge on any atom is 0.329 e. The highest BCUT2D eigenvalue weighted by atomic mass is 35.5. The van der Waals surface area contributed by atoms with Crippen LogP contribution < -0.4 is 16.1 Å². The standard InChI is InChI=1S/C20H24ClFN6O3/c1-25-17-16(18(29)24-20(25)30)28(10-11-31-2)19(23-17)27-8-6-26(7-9-27)12-13-14(21)4-3-5-15(13)22/h3-5H,6-12H2,1-2H3,(H,24,29,30). The molecule has 4 rings (SSSR count). The summed E-state index contributed by atoms with van der Waals surface area (Å²) in [6.07, 6.45) is 0. The zero-order valence-electron chi connectivity index (χ0n) is 17.4. The van der Waals surface area contributed by atoms with Gasteiger partial charge in [-0.3, -0.25) is 19.2 Å². The largest absolute Gasteiger partial charge is 0.383 e. The number of hydrogen-bond donors (Lipinski definition) is 1. The highest BCUT2D eigenvalue weighted by Crippen LogP contribution is 2.24. The topological polar surface area (TPSA) is 88.4 Å². The SMILES string of the molecule is COCCn1c(N2CCN(Cc3c(F)cccc3Cl)CC2)nc2c1c(=O)[nH]c(=O)n2C. The van der Waals surface area contributed by atoms with Crippen LogP contribution in [0.1, 0.15) is 5.56 Å². The van der Waals surface area contributed by atoms with Crippen molar-refractivity contribution in [3.63, 3.8) is 0 Å². The number of aryl methyl sites for hydroxylation is 1. The van der Waals surface area contributed by atoms with Crippen molar-refractivity contribution in [2.24, 2.45) is 7.05 Å². The van der Waals surface area contributed by atoms with Crippen LogP contribution in [-0.2, 0) is 24.9 Å². The minimum atomic E-state index is -0.507.